The monoisotopic (exact) mass is 206 g/mol. The van der Waals surface area contributed by atoms with Crippen LogP contribution in [0.1, 0.15) is 33.6 Å². The Bertz CT molecular complexity index is 189. The van der Waals surface area contributed by atoms with Gasteiger partial charge in [-0.05, 0) is 19.8 Å². The van der Waals surface area contributed by atoms with Crippen LogP contribution < -0.4 is 0 Å². The topological polar surface area (TPSA) is 35.5 Å². The standard InChI is InChI=1S/C9H19O3P/c1-5-7-11-13(10,9(3)4)12-8-6-2/h3,5-8H2,1-2,4H3. The average molecular weight is 206 g/mol. The van der Waals surface area contributed by atoms with Crippen molar-refractivity contribution in [2.24, 2.45) is 0 Å². The van der Waals surface area contributed by atoms with Crippen molar-refractivity contribution in [3.05, 3.63) is 11.9 Å². The van der Waals surface area contributed by atoms with Crippen LogP contribution in [0.15, 0.2) is 11.9 Å². The van der Waals surface area contributed by atoms with Crippen LogP contribution in [0.25, 0.3) is 0 Å². The fraction of sp³-hybridized carbons (Fsp3) is 0.778. The minimum atomic E-state index is -3.02. The molecule has 0 saturated heterocycles. The van der Waals surface area contributed by atoms with Gasteiger partial charge in [-0.2, -0.15) is 0 Å². The van der Waals surface area contributed by atoms with Crippen molar-refractivity contribution in [1.29, 1.82) is 0 Å². The molecule has 0 atom stereocenters. The normalized spacial score (nSPS) is 11.6. The maximum atomic E-state index is 11.9. The van der Waals surface area contributed by atoms with Crippen LogP contribution in [0.2, 0.25) is 0 Å². The molecule has 0 aromatic rings. The van der Waals surface area contributed by atoms with Gasteiger partial charge < -0.3 is 9.05 Å². The minimum absolute atomic E-state index is 0.452. The summed E-state index contributed by atoms with van der Waals surface area (Å²) in [5.41, 5.74) is 0. The summed E-state index contributed by atoms with van der Waals surface area (Å²) in [4.78, 5) is 0. The van der Waals surface area contributed by atoms with Gasteiger partial charge in [0.1, 0.15) is 0 Å². The van der Waals surface area contributed by atoms with E-state index in [0.717, 1.165) is 12.8 Å². The molecule has 0 heterocycles. The smallest absolute Gasteiger partial charge is 0.305 e. The average Bonchev–Trinajstić information content (AvgIpc) is 2.11. The Balaban J connectivity index is 4.18. The number of hydrogen-bond donors (Lipinski definition) is 0. The van der Waals surface area contributed by atoms with Crippen molar-refractivity contribution >= 4 is 7.60 Å². The molecule has 0 spiro atoms. The van der Waals surface area contributed by atoms with Crippen molar-refractivity contribution in [3.63, 3.8) is 0 Å². The number of hydrogen-bond acceptors (Lipinski definition) is 3. The van der Waals surface area contributed by atoms with Crippen molar-refractivity contribution in [2.75, 3.05) is 13.2 Å². The lowest BCUT2D eigenvalue weighted by molar-refractivity contribution is 0.210. The van der Waals surface area contributed by atoms with E-state index in [4.69, 9.17) is 9.05 Å². The first-order valence-electron chi connectivity index (χ1n) is 4.62. The zero-order chi connectivity index (χ0) is 10.3. The first kappa shape index (κ1) is 12.9. The SMILES string of the molecule is C=C(C)P(=O)(OCCC)OCCC. The van der Waals surface area contributed by atoms with Crippen LogP contribution in [-0.2, 0) is 13.6 Å². The molecule has 0 amide bonds. The Morgan fingerprint density at radius 1 is 1.23 bits per heavy atom. The molecule has 4 heteroatoms. The Kier molecular flexibility index (Phi) is 6.31. The molecule has 3 nitrogen and oxygen atoms in total. The molecule has 0 aliphatic rings. The predicted molar refractivity (Wildman–Crippen MR) is 54.9 cm³/mol. The summed E-state index contributed by atoms with van der Waals surface area (Å²) in [6.45, 7) is 10.1. The fourth-order valence-electron chi connectivity index (χ4n) is 0.681. The van der Waals surface area contributed by atoms with Gasteiger partial charge in [0, 0.05) is 5.31 Å². The quantitative estimate of drug-likeness (QED) is 0.597. The van der Waals surface area contributed by atoms with Crippen LogP contribution >= 0.6 is 7.60 Å². The van der Waals surface area contributed by atoms with E-state index in [9.17, 15) is 4.57 Å². The van der Waals surface area contributed by atoms with Gasteiger partial charge >= 0.3 is 7.60 Å². The molecule has 0 aromatic heterocycles. The summed E-state index contributed by atoms with van der Waals surface area (Å²) in [7, 11) is -3.02. The van der Waals surface area contributed by atoms with Crippen molar-refractivity contribution in [1.82, 2.24) is 0 Å². The molecule has 13 heavy (non-hydrogen) atoms. The zero-order valence-electron chi connectivity index (χ0n) is 8.71. The van der Waals surface area contributed by atoms with E-state index in [0.29, 0.717) is 18.5 Å². The molecule has 0 saturated carbocycles. The molecule has 78 valence electrons. The fourth-order valence-corrected chi connectivity index (χ4v) is 2.04. The summed E-state index contributed by atoms with van der Waals surface area (Å²) in [5, 5.41) is 0.481. The van der Waals surface area contributed by atoms with E-state index in [1.807, 2.05) is 13.8 Å². The Labute approximate surface area is 80.7 Å². The first-order chi connectivity index (χ1) is 6.06. The predicted octanol–water partition coefficient (Wildman–Crippen LogP) is 3.57. The highest BCUT2D eigenvalue weighted by Crippen LogP contribution is 2.55. The Hall–Kier alpha value is -0.110. The summed E-state index contributed by atoms with van der Waals surface area (Å²) >= 11 is 0. The lowest BCUT2D eigenvalue weighted by atomic mass is 10.5. The minimum Gasteiger partial charge on any atom is -0.305 e. The van der Waals surface area contributed by atoms with Crippen LogP contribution in [0.3, 0.4) is 0 Å². The van der Waals surface area contributed by atoms with Gasteiger partial charge in [-0.15, -0.1) is 0 Å². The molecular weight excluding hydrogens is 187 g/mol. The Morgan fingerprint density at radius 2 is 1.62 bits per heavy atom. The van der Waals surface area contributed by atoms with Crippen LogP contribution in [-0.4, -0.2) is 13.2 Å². The third kappa shape index (κ3) is 4.61. The van der Waals surface area contributed by atoms with Gasteiger partial charge in [0.25, 0.3) is 0 Å². The molecule has 0 aliphatic heterocycles. The second-order valence-corrected chi connectivity index (χ2v) is 5.17. The molecule has 0 radical (unpaired) electrons. The maximum Gasteiger partial charge on any atom is 0.356 e. The highest BCUT2D eigenvalue weighted by Gasteiger charge is 2.24. The maximum absolute atomic E-state index is 11.9. The summed E-state index contributed by atoms with van der Waals surface area (Å²) in [6, 6.07) is 0. The highest BCUT2D eigenvalue weighted by molar-refractivity contribution is 7.58. The molecule has 0 fully saturated rings. The molecule has 0 unspecified atom stereocenters. The second-order valence-electron chi connectivity index (χ2n) is 2.90. The summed E-state index contributed by atoms with van der Waals surface area (Å²) < 4.78 is 22.2. The van der Waals surface area contributed by atoms with Crippen molar-refractivity contribution in [3.8, 4) is 0 Å². The second kappa shape index (κ2) is 6.36. The van der Waals surface area contributed by atoms with Gasteiger partial charge in [-0.1, -0.05) is 20.4 Å². The zero-order valence-corrected chi connectivity index (χ0v) is 9.60. The van der Waals surface area contributed by atoms with Crippen LogP contribution in [0.4, 0.5) is 0 Å². The molecular formula is C9H19O3P. The number of rotatable bonds is 7. The lowest BCUT2D eigenvalue weighted by Crippen LogP contribution is -1.98. The molecule has 0 bridgehead atoms. The third-order valence-corrected chi connectivity index (χ3v) is 3.38. The van der Waals surface area contributed by atoms with Crippen LogP contribution in [0, 0.1) is 0 Å². The largest absolute Gasteiger partial charge is 0.356 e. The van der Waals surface area contributed by atoms with E-state index in [1.165, 1.54) is 0 Å². The van der Waals surface area contributed by atoms with E-state index in [1.54, 1.807) is 6.92 Å². The van der Waals surface area contributed by atoms with Gasteiger partial charge in [0.05, 0.1) is 13.2 Å². The molecule has 0 rings (SSSR count). The van der Waals surface area contributed by atoms with Gasteiger partial charge in [-0.25, -0.2) is 0 Å². The van der Waals surface area contributed by atoms with E-state index in [-0.39, 0.29) is 0 Å². The Morgan fingerprint density at radius 3 is 1.85 bits per heavy atom. The molecule has 0 N–H and O–H groups in total. The third-order valence-electron chi connectivity index (χ3n) is 1.40. The van der Waals surface area contributed by atoms with Gasteiger partial charge in [0.15, 0.2) is 0 Å². The van der Waals surface area contributed by atoms with Gasteiger partial charge in [0.2, 0.25) is 0 Å². The van der Waals surface area contributed by atoms with E-state index >= 15 is 0 Å². The lowest BCUT2D eigenvalue weighted by Gasteiger charge is -2.17. The van der Waals surface area contributed by atoms with Crippen molar-refractivity contribution < 1.29 is 13.6 Å². The van der Waals surface area contributed by atoms with Crippen molar-refractivity contribution in [2.45, 2.75) is 33.6 Å². The summed E-state index contributed by atoms with van der Waals surface area (Å²) in [6.07, 6.45) is 1.65. The van der Waals surface area contributed by atoms with E-state index < -0.39 is 7.60 Å². The summed E-state index contributed by atoms with van der Waals surface area (Å²) in [5.74, 6) is 0. The molecule has 0 aromatic carbocycles. The van der Waals surface area contributed by atoms with E-state index in [2.05, 4.69) is 6.58 Å². The highest BCUT2D eigenvalue weighted by atomic mass is 31.2. The van der Waals surface area contributed by atoms with Crippen LogP contribution in [0.5, 0.6) is 0 Å². The number of allylic oxidation sites excluding steroid dienone is 1. The van der Waals surface area contributed by atoms with Gasteiger partial charge in [-0.3, -0.25) is 4.57 Å². The first-order valence-corrected chi connectivity index (χ1v) is 6.16. The molecule has 0 aliphatic carbocycles.